The molecule has 190 valence electrons. The second kappa shape index (κ2) is 8.59. The average molecular weight is 509 g/mol. The zero-order valence-electron chi connectivity index (χ0n) is 19.4. The first-order valence-corrected chi connectivity index (χ1v) is 13.0. The number of carbonyl (C=O) groups excluding carboxylic acids is 2. The van der Waals surface area contributed by atoms with E-state index in [9.17, 15) is 32.7 Å². The van der Waals surface area contributed by atoms with Crippen molar-refractivity contribution in [1.82, 2.24) is 4.72 Å². The van der Waals surface area contributed by atoms with Gasteiger partial charge in [-0.2, -0.15) is 0 Å². The van der Waals surface area contributed by atoms with Gasteiger partial charge in [-0.15, -0.1) is 0 Å². The number of hydrogen-bond acceptors (Lipinski definition) is 7. The van der Waals surface area contributed by atoms with Crippen LogP contribution in [0.3, 0.4) is 0 Å². The fraction of sp³-hybridized carbons (Fsp3) is 0.565. The van der Waals surface area contributed by atoms with Gasteiger partial charge in [0.05, 0.1) is 17.9 Å². The molecule has 11 nitrogen and oxygen atoms in total. The number of ether oxygens (including phenoxy) is 1. The van der Waals surface area contributed by atoms with Crippen LogP contribution in [0.4, 0.5) is 5.69 Å². The molecule has 0 radical (unpaired) electrons. The molecule has 0 spiro atoms. The van der Waals surface area contributed by atoms with Crippen molar-refractivity contribution >= 4 is 39.3 Å². The van der Waals surface area contributed by atoms with Gasteiger partial charge in [-0.1, -0.05) is 19.9 Å². The molecule has 3 aliphatic rings. The summed E-state index contributed by atoms with van der Waals surface area (Å²) in [6.45, 7) is 3.81. The normalized spacial score (nSPS) is 27.6. The minimum Gasteiger partial charge on any atom is -0.481 e. The van der Waals surface area contributed by atoms with Gasteiger partial charge in [0.15, 0.2) is 6.10 Å². The van der Waals surface area contributed by atoms with E-state index in [4.69, 9.17) is 9.84 Å². The molecule has 1 aromatic carbocycles. The fourth-order valence-electron chi connectivity index (χ4n) is 5.72. The van der Waals surface area contributed by atoms with Gasteiger partial charge in [-0.05, 0) is 48.3 Å². The highest BCUT2D eigenvalue weighted by atomic mass is 32.2. The maximum Gasteiger partial charge on any atom is 0.322 e. The van der Waals surface area contributed by atoms with Gasteiger partial charge in [0.25, 0.3) is 5.91 Å². The monoisotopic (exact) mass is 508 g/mol. The van der Waals surface area contributed by atoms with Crippen LogP contribution >= 0.6 is 0 Å². The summed E-state index contributed by atoms with van der Waals surface area (Å²) in [4.78, 5) is 47.6. The van der Waals surface area contributed by atoms with Gasteiger partial charge in [-0.3, -0.25) is 19.2 Å². The second-order valence-corrected chi connectivity index (χ2v) is 11.9. The predicted octanol–water partition coefficient (Wildman–Crippen LogP) is 1.17. The number of ketones is 1. The van der Waals surface area contributed by atoms with Crippen LogP contribution in [-0.4, -0.2) is 60.2 Å². The summed E-state index contributed by atoms with van der Waals surface area (Å²) in [5, 5.41) is 21.1. The Kier molecular flexibility index (Phi) is 6.17. The average Bonchev–Trinajstić information content (AvgIpc) is 3.07. The molecule has 2 bridgehead atoms. The number of rotatable bonds is 9. The lowest BCUT2D eigenvalue weighted by Gasteiger charge is -2.36. The lowest BCUT2D eigenvalue weighted by molar-refractivity contribution is -0.142. The number of benzene rings is 1. The van der Waals surface area contributed by atoms with Crippen molar-refractivity contribution in [3.63, 3.8) is 0 Å². The molecule has 4 N–H and O–H groups in total. The topological polar surface area (TPSA) is 176 Å². The Morgan fingerprint density at radius 2 is 1.97 bits per heavy atom. The van der Waals surface area contributed by atoms with Crippen LogP contribution in [0.1, 0.15) is 45.1 Å². The summed E-state index contributed by atoms with van der Waals surface area (Å²) in [6.07, 6.45) is -0.342. The third kappa shape index (κ3) is 4.52. The molecule has 0 saturated heterocycles. The van der Waals surface area contributed by atoms with Gasteiger partial charge in [0.1, 0.15) is 17.6 Å². The number of sulfonamides is 1. The SMILES string of the molecule is CC1(C)C2CC[C@]1(CS(=O)(=O)N[C@@H](Cc1ccc3c(c1)NC(=O)C(CC(=O)O)O3)C(=O)O)C(=O)C2. The largest absolute Gasteiger partial charge is 0.481 e. The van der Waals surface area contributed by atoms with E-state index in [1.807, 2.05) is 13.8 Å². The van der Waals surface area contributed by atoms with E-state index in [1.165, 1.54) is 18.2 Å². The maximum atomic E-state index is 13.1. The highest BCUT2D eigenvalue weighted by Crippen LogP contribution is 2.64. The second-order valence-electron chi connectivity index (χ2n) is 10.2. The summed E-state index contributed by atoms with van der Waals surface area (Å²) in [6, 6.07) is 2.94. The summed E-state index contributed by atoms with van der Waals surface area (Å²) in [5.41, 5.74) is -0.856. The number of Topliss-reactive ketones (excluding diaryl/α,β-unsaturated/α-hetero) is 1. The fourth-order valence-corrected chi connectivity index (χ4v) is 7.75. The van der Waals surface area contributed by atoms with Crippen LogP contribution in [0.25, 0.3) is 0 Å². The molecule has 1 amide bonds. The van der Waals surface area contributed by atoms with Gasteiger partial charge in [0, 0.05) is 11.8 Å². The van der Waals surface area contributed by atoms with Crippen molar-refractivity contribution in [2.75, 3.05) is 11.1 Å². The van der Waals surface area contributed by atoms with Gasteiger partial charge < -0.3 is 20.3 Å². The lowest BCUT2D eigenvalue weighted by atomic mass is 9.70. The number of aliphatic carboxylic acids is 2. The predicted molar refractivity (Wildman–Crippen MR) is 122 cm³/mol. The van der Waals surface area contributed by atoms with E-state index in [-0.39, 0.29) is 29.6 Å². The zero-order chi connectivity index (χ0) is 25.8. The molecule has 2 saturated carbocycles. The molecule has 0 aromatic heterocycles. The summed E-state index contributed by atoms with van der Waals surface area (Å²) >= 11 is 0. The minimum absolute atomic E-state index is 0.0809. The Morgan fingerprint density at radius 3 is 2.54 bits per heavy atom. The zero-order valence-corrected chi connectivity index (χ0v) is 20.2. The molecule has 2 unspecified atom stereocenters. The molecular formula is C23H28N2O9S. The highest BCUT2D eigenvalue weighted by molar-refractivity contribution is 7.89. The van der Waals surface area contributed by atoms with Crippen LogP contribution in [0.2, 0.25) is 0 Å². The van der Waals surface area contributed by atoms with Crippen molar-refractivity contribution in [1.29, 1.82) is 0 Å². The van der Waals surface area contributed by atoms with Crippen LogP contribution < -0.4 is 14.8 Å². The molecule has 1 heterocycles. The third-order valence-corrected chi connectivity index (χ3v) is 9.38. The lowest BCUT2D eigenvalue weighted by Crippen LogP contribution is -2.49. The molecule has 35 heavy (non-hydrogen) atoms. The molecule has 4 atom stereocenters. The van der Waals surface area contributed by atoms with Crippen molar-refractivity contribution < 1.29 is 42.5 Å². The number of amides is 1. The number of fused-ring (bicyclic) bond motifs is 3. The molecular weight excluding hydrogens is 480 g/mol. The van der Waals surface area contributed by atoms with Crippen molar-refractivity contribution in [3.05, 3.63) is 23.8 Å². The Bertz CT molecular complexity index is 1210. The van der Waals surface area contributed by atoms with E-state index >= 15 is 0 Å². The smallest absolute Gasteiger partial charge is 0.322 e. The van der Waals surface area contributed by atoms with E-state index in [0.717, 1.165) is 6.42 Å². The van der Waals surface area contributed by atoms with Crippen LogP contribution in [0.15, 0.2) is 18.2 Å². The Balaban J connectivity index is 1.49. The van der Waals surface area contributed by atoms with Crippen LogP contribution in [0, 0.1) is 16.7 Å². The first-order chi connectivity index (χ1) is 16.2. The first-order valence-electron chi connectivity index (χ1n) is 11.3. The molecule has 1 aromatic rings. The van der Waals surface area contributed by atoms with Gasteiger partial charge in [0.2, 0.25) is 10.0 Å². The van der Waals surface area contributed by atoms with Crippen molar-refractivity contribution in [2.24, 2.45) is 16.7 Å². The summed E-state index contributed by atoms with van der Waals surface area (Å²) < 4.78 is 33.8. The first kappa shape index (κ1) is 25.1. The molecule has 1 aliphatic heterocycles. The van der Waals surface area contributed by atoms with E-state index in [1.54, 1.807) is 0 Å². The van der Waals surface area contributed by atoms with Crippen molar-refractivity contribution in [2.45, 2.75) is 58.1 Å². The number of carboxylic acids is 2. The molecule has 12 heteroatoms. The number of hydrogen-bond donors (Lipinski definition) is 4. The van der Waals surface area contributed by atoms with Crippen LogP contribution in [-0.2, 0) is 35.6 Å². The van der Waals surface area contributed by atoms with E-state index < -0.39 is 63.0 Å². The van der Waals surface area contributed by atoms with E-state index in [2.05, 4.69) is 10.0 Å². The number of anilines is 1. The Morgan fingerprint density at radius 1 is 1.26 bits per heavy atom. The molecule has 4 rings (SSSR count). The molecule has 2 aliphatic carbocycles. The van der Waals surface area contributed by atoms with E-state index in [0.29, 0.717) is 18.4 Å². The third-order valence-electron chi connectivity index (χ3n) is 7.86. The summed E-state index contributed by atoms with van der Waals surface area (Å²) in [7, 11) is -4.12. The Labute approximate surface area is 202 Å². The Hall–Kier alpha value is -2.99. The van der Waals surface area contributed by atoms with Crippen LogP contribution in [0.5, 0.6) is 5.75 Å². The standard InChI is InChI=1S/C23H28N2O9S/c1-22(2)13-5-6-23(22,18(26)9-13)11-35(32,33)25-15(21(30)31)8-12-3-4-16-14(7-12)24-20(29)17(34-16)10-19(27)28/h3-4,7,13,15,17,25H,5-6,8-11H2,1-2H3,(H,24,29)(H,27,28)(H,30,31)/t13?,15-,17?,23-/m0/s1. The quantitative estimate of drug-likeness (QED) is 0.381. The highest BCUT2D eigenvalue weighted by Gasteiger charge is 2.65. The minimum atomic E-state index is -4.12. The number of nitrogens with one attached hydrogen (secondary N) is 2. The molecule has 2 fully saturated rings. The maximum absolute atomic E-state index is 13.1. The number of carbonyl (C=O) groups is 4. The number of carboxylic acid groups (broad SMARTS) is 2. The van der Waals surface area contributed by atoms with Gasteiger partial charge >= 0.3 is 11.9 Å². The summed E-state index contributed by atoms with van der Waals surface area (Å²) in [5.74, 6) is -3.41. The van der Waals surface area contributed by atoms with Gasteiger partial charge in [-0.25, -0.2) is 13.1 Å². The van der Waals surface area contributed by atoms with Crippen molar-refractivity contribution in [3.8, 4) is 5.75 Å².